The molecule has 0 bridgehead atoms. The highest BCUT2D eigenvalue weighted by Crippen LogP contribution is 2.16. The SMILES string of the molecule is CC1COC(C(C)Cl)O1. The second-order valence-electron chi connectivity index (χ2n) is 2.33. The minimum atomic E-state index is -0.193. The van der Waals surface area contributed by atoms with Crippen LogP contribution >= 0.6 is 11.6 Å². The summed E-state index contributed by atoms with van der Waals surface area (Å²) in [6, 6.07) is 0. The third kappa shape index (κ3) is 1.81. The molecule has 0 aliphatic carbocycles. The molecule has 1 heterocycles. The maximum atomic E-state index is 5.70. The molecule has 0 aromatic rings. The second kappa shape index (κ2) is 2.86. The average Bonchev–Trinajstić information content (AvgIpc) is 2.14. The van der Waals surface area contributed by atoms with E-state index >= 15 is 0 Å². The first-order chi connectivity index (χ1) is 4.20. The highest BCUT2D eigenvalue weighted by molar-refractivity contribution is 6.20. The Labute approximate surface area is 60.1 Å². The fourth-order valence-electron chi connectivity index (χ4n) is 0.779. The van der Waals surface area contributed by atoms with Gasteiger partial charge in [-0.2, -0.15) is 0 Å². The van der Waals surface area contributed by atoms with Crippen LogP contribution in [0.4, 0.5) is 0 Å². The molecule has 0 aromatic carbocycles. The van der Waals surface area contributed by atoms with E-state index in [0.717, 1.165) is 0 Å². The van der Waals surface area contributed by atoms with Crippen molar-refractivity contribution in [1.82, 2.24) is 0 Å². The summed E-state index contributed by atoms with van der Waals surface area (Å²) in [5.41, 5.74) is 0. The molecular formula is C6H11ClO2. The van der Waals surface area contributed by atoms with Crippen LogP contribution < -0.4 is 0 Å². The van der Waals surface area contributed by atoms with Crippen molar-refractivity contribution >= 4 is 11.6 Å². The summed E-state index contributed by atoms with van der Waals surface area (Å²) in [4.78, 5) is 0. The van der Waals surface area contributed by atoms with Gasteiger partial charge in [0.15, 0.2) is 6.29 Å². The van der Waals surface area contributed by atoms with E-state index in [1.165, 1.54) is 0 Å². The molecule has 3 unspecified atom stereocenters. The Morgan fingerprint density at radius 2 is 2.33 bits per heavy atom. The van der Waals surface area contributed by atoms with E-state index in [9.17, 15) is 0 Å². The summed E-state index contributed by atoms with van der Waals surface area (Å²) in [7, 11) is 0. The van der Waals surface area contributed by atoms with Gasteiger partial charge in [0.2, 0.25) is 0 Å². The lowest BCUT2D eigenvalue weighted by Crippen LogP contribution is -2.19. The van der Waals surface area contributed by atoms with Crippen LogP contribution in [-0.4, -0.2) is 24.4 Å². The second-order valence-corrected chi connectivity index (χ2v) is 3.01. The van der Waals surface area contributed by atoms with E-state index in [1.807, 2.05) is 13.8 Å². The summed E-state index contributed by atoms with van der Waals surface area (Å²) in [5.74, 6) is 0. The van der Waals surface area contributed by atoms with Crippen LogP contribution in [0.15, 0.2) is 0 Å². The Hall–Kier alpha value is 0.210. The molecule has 0 amide bonds. The summed E-state index contributed by atoms with van der Waals surface area (Å²) in [6.45, 7) is 4.51. The minimum Gasteiger partial charge on any atom is -0.348 e. The van der Waals surface area contributed by atoms with Crippen LogP contribution in [0.3, 0.4) is 0 Å². The molecule has 0 aromatic heterocycles. The highest BCUT2D eigenvalue weighted by Gasteiger charge is 2.25. The predicted molar refractivity (Wildman–Crippen MR) is 35.6 cm³/mol. The number of alkyl halides is 1. The van der Waals surface area contributed by atoms with Gasteiger partial charge < -0.3 is 9.47 Å². The first-order valence-electron chi connectivity index (χ1n) is 3.11. The van der Waals surface area contributed by atoms with Crippen molar-refractivity contribution in [3.63, 3.8) is 0 Å². The van der Waals surface area contributed by atoms with E-state index in [1.54, 1.807) is 0 Å². The molecule has 1 saturated heterocycles. The maximum absolute atomic E-state index is 5.70. The fourth-order valence-corrected chi connectivity index (χ4v) is 0.911. The summed E-state index contributed by atoms with van der Waals surface area (Å²) in [5, 5.41) is -0.0463. The number of ether oxygens (including phenoxy) is 2. The third-order valence-corrected chi connectivity index (χ3v) is 1.44. The van der Waals surface area contributed by atoms with Crippen molar-refractivity contribution in [3.05, 3.63) is 0 Å². The molecule has 3 heteroatoms. The molecule has 9 heavy (non-hydrogen) atoms. The van der Waals surface area contributed by atoms with E-state index in [2.05, 4.69) is 0 Å². The molecule has 2 nitrogen and oxygen atoms in total. The molecule has 54 valence electrons. The molecule has 0 saturated carbocycles. The van der Waals surface area contributed by atoms with Gasteiger partial charge in [-0.05, 0) is 13.8 Å². The van der Waals surface area contributed by atoms with Crippen molar-refractivity contribution < 1.29 is 9.47 Å². The zero-order chi connectivity index (χ0) is 6.85. The molecule has 0 spiro atoms. The lowest BCUT2D eigenvalue weighted by atomic mass is 10.4. The Bertz CT molecular complexity index is 95.1. The van der Waals surface area contributed by atoms with Gasteiger partial charge in [-0.15, -0.1) is 11.6 Å². The van der Waals surface area contributed by atoms with Gasteiger partial charge in [0, 0.05) is 0 Å². The Kier molecular flexibility index (Phi) is 2.33. The van der Waals surface area contributed by atoms with Crippen LogP contribution in [-0.2, 0) is 9.47 Å². The van der Waals surface area contributed by atoms with E-state index in [4.69, 9.17) is 21.1 Å². The van der Waals surface area contributed by atoms with E-state index < -0.39 is 0 Å². The molecule has 3 atom stereocenters. The van der Waals surface area contributed by atoms with E-state index in [-0.39, 0.29) is 17.8 Å². The van der Waals surface area contributed by atoms with Gasteiger partial charge >= 0.3 is 0 Å². The van der Waals surface area contributed by atoms with Crippen molar-refractivity contribution in [2.45, 2.75) is 31.6 Å². The number of hydrogen-bond acceptors (Lipinski definition) is 2. The Balaban J connectivity index is 2.30. The van der Waals surface area contributed by atoms with Gasteiger partial charge in [0.1, 0.15) is 0 Å². The summed E-state index contributed by atoms with van der Waals surface area (Å²) >= 11 is 5.70. The van der Waals surface area contributed by atoms with Crippen molar-refractivity contribution in [1.29, 1.82) is 0 Å². The first kappa shape index (κ1) is 7.32. The topological polar surface area (TPSA) is 18.5 Å². The predicted octanol–water partition coefficient (Wildman–Crippen LogP) is 1.38. The Morgan fingerprint density at radius 1 is 1.67 bits per heavy atom. The molecule has 0 N–H and O–H groups in total. The number of rotatable bonds is 1. The van der Waals surface area contributed by atoms with Crippen molar-refractivity contribution in [2.24, 2.45) is 0 Å². The molecule has 1 rings (SSSR count). The van der Waals surface area contributed by atoms with Gasteiger partial charge in [-0.25, -0.2) is 0 Å². The largest absolute Gasteiger partial charge is 0.348 e. The standard InChI is InChI=1S/C6H11ClO2/c1-4-3-8-6(9-4)5(2)7/h4-6H,3H2,1-2H3. The van der Waals surface area contributed by atoms with Crippen LogP contribution in [0.1, 0.15) is 13.8 Å². The van der Waals surface area contributed by atoms with Crippen molar-refractivity contribution in [2.75, 3.05) is 6.61 Å². The smallest absolute Gasteiger partial charge is 0.174 e. The molecule has 1 aliphatic rings. The zero-order valence-electron chi connectivity index (χ0n) is 5.63. The normalized spacial score (nSPS) is 39.0. The average molecular weight is 151 g/mol. The summed E-state index contributed by atoms with van der Waals surface area (Å²) in [6.07, 6.45) is 0.0119. The van der Waals surface area contributed by atoms with Gasteiger partial charge in [-0.3, -0.25) is 0 Å². The highest BCUT2D eigenvalue weighted by atomic mass is 35.5. The zero-order valence-corrected chi connectivity index (χ0v) is 6.39. The van der Waals surface area contributed by atoms with Crippen LogP contribution in [0.25, 0.3) is 0 Å². The number of hydrogen-bond donors (Lipinski definition) is 0. The van der Waals surface area contributed by atoms with Gasteiger partial charge in [0.05, 0.1) is 18.1 Å². The van der Waals surface area contributed by atoms with Crippen LogP contribution in [0.5, 0.6) is 0 Å². The lowest BCUT2D eigenvalue weighted by Gasteiger charge is -2.10. The van der Waals surface area contributed by atoms with Crippen molar-refractivity contribution in [3.8, 4) is 0 Å². The van der Waals surface area contributed by atoms with Gasteiger partial charge in [-0.1, -0.05) is 0 Å². The van der Waals surface area contributed by atoms with Crippen LogP contribution in [0.2, 0.25) is 0 Å². The molecular weight excluding hydrogens is 140 g/mol. The first-order valence-corrected chi connectivity index (χ1v) is 3.55. The summed E-state index contributed by atoms with van der Waals surface area (Å²) < 4.78 is 10.4. The maximum Gasteiger partial charge on any atom is 0.174 e. The quantitative estimate of drug-likeness (QED) is 0.526. The lowest BCUT2D eigenvalue weighted by molar-refractivity contribution is -0.0528. The van der Waals surface area contributed by atoms with Crippen LogP contribution in [0, 0.1) is 0 Å². The van der Waals surface area contributed by atoms with E-state index in [0.29, 0.717) is 6.61 Å². The van der Waals surface area contributed by atoms with Gasteiger partial charge in [0.25, 0.3) is 0 Å². The molecule has 1 aliphatic heterocycles. The Morgan fingerprint density at radius 3 is 2.56 bits per heavy atom. The fraction of sp³-hybridized carbons (Fsp3) is 1.00. The minimum absolute atomic E-state index is 0.0463. The molecule has 1 fully saturated rings. The number of halogens is 1. The molecule has 0 radical (unpaired) electrons. The third-order valence-electron chi connectivity index (χ3n) is 1.24. The monoisotopic (exact) mass is 150 g/mol.